The quantitative estimate of drug-likeness (QED) is 0.711. The lowest BCUT2D eigenvalue weighted by Gasteiger charge is -2.09. The Labute approximate surface area is 72.6 Å². The maximum Gasteiger partial charge on any atom is 0.167 e. The second-order valence-corrected chi connectivity index (χ2v) is 3.52. The molecular formula is C8H16N4. The van der Waals surface area contributed by atoms with Gasteiger partial charge in [-0.2, -0.15) is 5.10 Å². The second kappa shape index (κ2) is 3.67. The van der Waals surface area contributed by atoms with Crippen LogP contribution < -0.4 is 5.73 Å². The van der Waals surface area contributed by atoms with E-state index in [-0.39, 0.29) is 6.04 Å². The van der Waals surface area contributed by atoms with Gasteiger partial charge in [0, 0.05) is 0 Å². The lowest BCUT2D eigenvalue weighted by Crippen LogP contribution is -2.14. The van der Waals surface area contributed by atoms with E-state index in [1.54, 1.807) is 0 Å². The first kappa shape index (κ1) is 9.19. The van der Waals surface area contributed by atoms with Crippen molar-refractivity contribution in [2.24, 2.45) is 11.7 Å². The Bertz CT molecular complexity index is 241. The number of rotatable bonds is 3. The summed E-state index contributed by atoms with van der Waals surface area (Å²) < 4.78 is 0. The third-order valence-corrected chi connectivity index (χ3v) is 1.67. The lowest BCUT2D eigenvalue weighted by molar-refractivity contribution is 0.494. The highest BCUT2D eigenvalue weighted by atomic mass is 15.2. The summed E-state index contributed by atoms with van der Waals surface area (Å²) in [5.74, 6) is 2.13. The van der Waals surface area contributed by atoms with Gasteiger partial charge in [0.25, 0.3) is 0 Å². The minimum absolute atomic E-state index is 0.0325. The van der Waals surface area contributed by atoms with Crippen molar-refractivity contribution in [3.05, 3.63) is 11.6 Å². The second-order valence-electron chi connectivity index (χ2n) is 3.52. The van der Waals surface area contributed by atoms with Crippen LogP contribution in [-0.4, -0.2) is 15.2 Å². The van der Waals surface area contributed by atoms with E-state index in [4.69, 9.17) is 5.73 Å². The smallest absolute Gasteiger partial charge is 0.167 e. The summed E-state index contributed by atoms with van der Waals surface area (Å²) in [7, 11) is 0. The van der Waals surface area contributed by atoms with E-state index in [9.17, 15) is 0 Å². The number of aromatic nitrogens is 3. The van der Waals surface area contributed by atoms with Crippen molar-refractivity contribution < 1.29 is 0 Å². The summed E-state index contributed by atoms with van der Waals surface area (Å²) in [6, 6.07) is -0.0325. The van der Waals surface area contributed by atoms with Crippen molar-refractivity contribution in [3.8, 4) is 0 Å². The molecule has 3 N–H and O–H groups in total. The van der Waals surface area contributed by atoms with Crippen LogP contribution in [0.25, 0.3) is 0 Å². The minimum Gasteiger partial charge on any atom is -0.321 e. The van der Waals surface area contributed by atoms with Crippen LogP contribution in [0.2, 0.25) is 0 Å². The molecule has 0 aliphatic carbocycles. The van der Waals surface area contributed by atoms with Crippen molar-refractivity contribution in [2.45, 2.75) is 33.2 Å². The molecule has 0 amide bonds. The molecule has 0 fully saturated rings. The van der Waals surface area contributed by atoms with Gasteiger partial charge in [-0.15, -0.1) is 0 Å². The predicted molar refractivity (Wildman–Crippen MR) is 47.5 cm³/mol. The molecule has 4 heteroatoms. The van der Waals surface area contributed by atoms with Gasteiger partial charge in [0.1, 0.15) is 5.82 Å². The number of nitrogens with zero attached hydrogens (tertiary/aromatic N) is 2. The molecular weight excluding hydrogens is 152 g/mol. The fourth-order valence-electron chi connectivity index (χ4n) is 1.14. The zero-order chi connectivity index (χ0) is 9.14. The number of nitrogens with two attached hydrogens (primary N) is 1. The summed E-state index contributed by atoms with van der Waals surface area (Å²) >= 11 is 0. The third-order valence-electron chi connectivity index (χ3n) is 1.67. The molecule has 0 radical (unpaired) electrons. The van der Waals surface area contributed by atoms with Gasteiger partial charge in [-0.1, -0.05) is 13.8 Å². The molecule has 1 atom stereocenters. The molecule has 1 rings (SSSR count). The van der Waals surface area contributed by atoms with Crippen LogP contribution in [0.1, 0.15) is 38.0 Å². The first-order chi connectivity index (χ1) is 5.59. The Kier molecular flexibility index (Phi) is 2.81. The van der Waals surface area contributed by atoms with Crippen molar-refractivity contribution in [1.29, 1.82) is 0 Å². The molecule has 0 saturated heterocycles. The monoisotopic (exact) mass is 168 g/mol. The molecule has 0 aliphatic rings. The molecule has 12 heavy (non-hydrogen) atoms. The molecule has 0 aromatic carbocycles. The van der Waals surface area contributed by atoms with Crippen molar-refractivity contribution in [2.75, 3.05) is 0 Å². The highest BCUT2D eigenvalue weighted by Crippen LogP contribution is 2.14. The molecule has 1 heterocycles. The van der Waals surface area contributed by atoms with Gasteiger partial charge in [-0.05, 0) is 19.3 Å². The third kappa shape index (κ3) is 2.30. The summed E-state index contributed by atoms with van der Waals surface area (Å²) in [6.07, 6.45) is 0.928. The Hall–Kier alpha value is -0.900. The van der Waals surface area contributed by atoms with Gasteiger partial charge in [-0.25, -0.2) is 4.98 Å². The fourth-order valence-corrected chi connectivity index (χ4v) is 1.14. The minimum atomic E-state index is -0.0325. The molecule has 0 aliphatic heterocycles. The Morgan fingerprint density at radius 3 is 2.58 bits per heavy atom. The Morgan fingerprint density at radius 2 is 2.17 bits per heavy atom. The normalized spacial score (nSPS) is 13.8. The number of nitrogens with one attached hydrogen (secondary N) is 1. The number of hydrogen-bond donors (Lipinski definition) is 2. The summed E-state index contributed by atoms with van der Waals surface area (Å²) in [6.45, 7) is 6.15. The zero-order valence-corrected chi connectivity index (χ0v) is 7.83. The van der Waals surface area contributed by atoms with E-state index in [2.05, 4.69) is 29.0 Å². The van der Waals surface area contributed by atoms with E-state index in [1.165, 1.54) is 0 Å². The molecule has 1 aromatic heterocycles. The van der Waals surface area contributed by atoms with Gasteiger partial charge in [-0.3, -0.25) is 5.10 Å². The topological polar surface area (TPSA) is 67.6 Å². The van der Waals surface area contributed by atoms with Crippen LogP contribution >= 0.6 is 0 Å². The van der Waals surface area contributed by atoms with Crippen LogP contribution in [0.5, 0.6) is 0 Å². The van der Waals surface area contributed by atoms with Crippen LogP contribution in [0.15, 0.2) is 0 Å². The average molecular weight is 168 g/mol. The average Bonchev–Trinajstić information content (AvgIpc) is 2.34. The van der Waals surface area contributed by atoms with Gasteiger partial charge in [0.2, 0.25) is 0 Å². The van der Waals surface area contributed by atoms with Crippen LogP contribution in [0.3, 0.4) is 0 Å². The van der Waals surface area contributed by atoms with Gasteiger partial charge < -0.3 is 5.73 Å². The van der Waals surface area contributed by atoms with Crippen LogP contribution in [0, 0.1) is 12.8 Å². The molecule has 0 saturated carbocycles. The first-order valence-electron chi connectivity index (χ1n) is 4.24. The standard InChI is InChI=1S/C8H16N4/c1-5(2)4-7(9)8-10-6(3)11-12-8/h5,7H,4,9H2,1-3H3,(H,10,11,12)/t7-/m0/s1. The molecule has 0 spiro atoms. The van der Waals surface area contributed by atoms with Crippen LogP contribution in [-0.2, 0) is 0 Å². The maximum absolute atomic E-state index is 5.86. The first-order valence-corrected chi connectivity index (χ1v) is 4.24. The summed E-state index contributed by atoms with van der Waals surface area (Å²) in [5, 5.41) is 6.79. The molecule has 1 aromatic rings. The number of hydrogen-bond acceptors (Lipinski definition) is 3. The van der Waals surface area contributed by atoms with E-state index in [0.717, 1.165) is 18.1 Å². The number of H-pyrrole nitrogens is 1. The highest BCUT2D eigenvalue weighted by molar-refractivity contribution is 4.94. The van der Waals surface area contributed by atoms with E-state index in [0.29, 0.717) is 5.92 Å². The fraction of sp³-hybridized carbons (Fsp3) is 0.750. The van der Waals surface area contributed by atoms with Crippen molar-refractivity contribution in [1.82, 2.24) is 15.2 Å². The lowest BCUT2D eigenvalue weighted by atomic mass is 10.0. The zero-order valence-electron chi connectivity index (χ0n) is 7.83. The summed E-state index contributed by atoms with van der Waals surface area (Å²) in [5.41, 5.74) is 5.86. The predicted octanol–water partition coefficient (Wildman–Crippen LogP) is 1.16. The van der Waals surface area contributed by atoms with Gasteiger partial charge in [0.05, 0.1) is 6.04 Å². The molecule has 4 nitrogen and oxygen atoms in total. The van der Waals surface area contributed by atoms with Gasteiger partial charge in [0.15, 0.2) is 5.82 Å². The van der Waals surface area contributed by atoms with Gasteiger partial charge >= 0.3 is 0 Å². The van der Waals surface area contributed by atoms with Crippen LogP contribution in [0.4, 0.5) is 0 Å². The van der Waals surface area contributed by atoms with E-state index in [1.807, 2.05) is 6.92 Å². The van der Waals surface area contributed by atoms with E-state index < -0.39 is 0 Å². The number of aromatic amines is 1. The van der Waals surface area contributed by atoms with Crippen molar-refractivity contribution >= 4 is 0 Å². The molecule has 0 unspecified atom stereocenters. The SMILES string of the molecule is Cc1nc([C@@H](N)CC(C)C)n[nH]1. The highest BCUT2D eigenvalue weighted by Gasteiger charge is 2.12. The summed E-state index contributed by atoms with van der Waals surface area (Å²) in [4.78, 5) is 4.17. The maximum atomic E-state index is 5.86. The largest absolute Gasteiger partial charge is 0.321 e. The van der Waals surface area contributed by atoms with E-state index >= 15 is 0 Å². The molecule has 68 valence electrons. The Morgan fingerprint density at radius 1 is 1.50 bits per heavy atom. The Balaban J connectivity index is 2.58. The molecule has 0 bridgehead atoms. The van der Waals surface area contributed by atoms with Crippen molar-refractivity contribution in [3.63, 3.8) is 0 Å². The number of aryl methyl sites for hydroxylation is 1.